The first kappa shape index (κ1) is 12.7. The highest BCUT2D eigenvalue weighted by Gasteiger charge is 2.30. The summed E-state index contributed by atoms with van der Waals surface area (Å²) in [5.41, 5.74) is 0. The largest absolute Gasteiger partial charge is 0.378 e. The van der Waals surface area contributed by atoms with Gasteiger partial charge < -0.3 is 14.8 Å². The maximum Gasteiger partial charge on any atom is 0.249 e. The van der Waals surface area contributed by atoms with Crippen molar-refractivity contribution in [3.63, 3.8) is 0 Å². The van der Waals surface area contributed by atoms with Gasteiger partial charge in [-0.2, -0.15) is 0 Å². The molecule has 1 heterocycles. The van der Waals surface area contributed by atoms with Gasteiger partial charge in [0.05, 0.1) is 13.2 Å². The summed E-state index contributed by atoms with van der Waals surface area (Å²) in [5.74, 6) is 0.764. The average molecular weight is 236 g/mol. The van der Waals surface area contributed by atoms with E-state index in [9.17, 15) is 4.79 Å². The van der Waals surface area contributed by atoms with Crippen molar-refractivity contribution in [3.8, 4) is 0 Å². The van der Waals surface area contributed by atoms with Gasteiger partial charge in [-0.3, -0.25) is 4.79 Å². The van der Waals surface area contributed by atoms with Crippen LogP contribution in [0.25, 0.3) is 0 Å². The first-order chi connectivity index (χ1) is 7.25. The number of carbonyl (C=O) groups excluding carboxylic acids is 1. The Morgan fingerprint density at radius 3 is 3.00 bits per heavy atom. The van der Waals surface area contributed by atoms with Crippen molar-refractivity contribution in [3.05, 3.63) is 0 Å². The summed E-state index contributed by atoms with van der Waals surface area (Å²) in [6.07, 6.45) is 0.680. The second-order valence-corrected chi connectivity index (χ2v) is 4.03. The Labute approximate surface area is 95.3 Å². The maximum atomic E-state index is 11.6. The molecule has 1 aliphatic heterocycles. The molecule has 1 rings (SSSR count). The van der Waals surface area contributed by atoms with Gasteiger partial charge in [-0.15, -0.1) is 11.6 Å². The molecule has 2 unspecified atom stereocenters. The number of hydrogen-bond donors (Lipinski definition) is 1. The van der Waals surface area contributed by atoms with Crippen LogP contribution in [0, 0.1) is 5.92 Å². The van der Waals surface area contributed by atoms with Crippen LogP contribution < -0.4 is 5.32 Å². The highest BCUT2D eigenvalue weighted by atomic mass is 35.5. The molecule has 88 valence electrons. The zero-order chi connectivity index (χ0) is 11.1. The Morgan fingerprint density at radius 2 is 2.40 bits per heavy atom. The van der Waals surface area contributed by atoms with Crippen molar-refractivity contribution in [2.75, 3.05) is 32.2 Å². The lowest BCUT2D eigenvalue weighted by Gasteiger charge is -2.14. The van der Waals surface area contributed by atoms with E-state index in [1.807, 2.05) is 6.92 Å². The Morgan fingerprint density at radius 1 is 1.60 bits per heavy atom. The predicted octanol–water partition coefficient (Wildman–Crippen LogP) is 0.783. The SMILES string of the molecule is CC1CCOC1C(=O)NCCOCCCl. The van der Waals surface area contributed by atoms with Crippen LogP contribution in [0.3, 0.4) is 0 Å². The van der Waals surface area contributed by atoms with Crippen molar-refractivity contribution in [2.45, 2.75) is 19.4 Å². The lowest BCUT2D eigenvalue weighted by molar-refractivity contribution is -0.131. The minimum Gasteiger partial charge on any atom is -0.378 e. The number of nitrogens with one attached hydrogen (secondary N) is 1. The topological polar surface area (TPSA) is 47.6 Å². The summed E-state index contributed by atoms with van der Waals surface area (Å²) in [4.78, 5) is 11.6. The van der Waals surface area contributed by atoms with Crippen LogP contribution in [-0.4, -0.2) is 44.3 Å². The van der Waals surface area contributed by atoms with Gasteiger partial charge in [0.25, 0.3) is 0 Å². The molecule has 0 aromatic heterocycles. The van der Waals surface area contributed by atoms with Gasteiger partial charge in [0, 0.05) is 19.0 Å². The highest BCUT2D eigenvalue weighted by molar-refractivity contribution is 6.17. The van der Waals surface area contributed by atoms with Crippen molar-refractivity contribution in [2.24, 2.45) is 5.92 Å². The fourth-order valence-corrected chi connectivity index (χ4v) is 1.64. The Hall–Kier alpha value is -0.320. The molecule has 0 aromatic carbocycles. The second kappa shape index (κ2) is 7.04. The van der Waals surface area contributed by atoms with Gasteiger partial charge in [0.2, 0.25) is 5.91 Å². The molecule has 1 saturated heterocycles. The molecular weight excluding hydrogens is 218 g/mol. The third-order valence-electron chi connectivity index (χ3n) is 2.41. The minimum absolute atomic E-state index is 0.0329. The Bertz CT molecular complexity index is 201. The average Bonchev–Trinajstić information content (AvgIpc) is 2.64. The quantitative estimate of drug-likeness (QED) is 0.547. The molecule has 5 heteroatoms. The van der Waals surface area contributed by atoms with E-state index in [1.54, 1.807) is 0 Å². The van der Waals surface area contributed by atoms with Gasteiger partial charge in [0.15, 0.2) is 0 Å². The molecule has 1 N–H and O–H groups in total. The standard InChI is InChI=1S/C10H18ClNO3/c1-8-2-5-15-9(8)10(13)12-4-7-14-6-3-11/h8-9H,2-7H2,1H3,(H,12,13). The van der Waals surface area contributed by atoms with Gasteiger partial charge in [-0.1, -0.05) is 6.92 Å². The molecule has 1 amide bonds. The van der Waals surface area contributed by atoms with Crippen LogP contribution >= 0.6 is 11.6 Å². The summed E-state index contributed by atoms with van der Waals surface area (Å²) in [6, 6.07) is 0. The van der Waals surface area contributed by atoms with E-state index in [1.165, 1.54) is 0 Å². The van der Waals surface area contributed by atoms with Gasteiger partial charge in [-0.05, 0) is 12.3 Å². The lowest BCUT2D eigenvalue weighted by atomic mass is 10.0. The molecule has 2 atom stereocenters. The summed E-state index contributed by atoms with van der Waals surface area (Å²) in [6.45, 7) is 4.25. The predicted molar refractivity (Wildman–Crippen MR) is 58.1 cm³/mol. The number of rotatable bonds is 6. The van der Waals surface area contributed by atoms with E-state index < -0.39 is 0 Å². The summed E-state index contributed by atoms with van der Waals surface area (Å²) in [7, 11) is 0. The molecule has 4 nitrogen and oxygen atoms in total. The number of hydrogen-bond acceptors (Lipinski definition) is 3. The molecule has 0 saturated carbocycles. The van der Waals surface area contributed by atoms with E-state index in [-0.39, 0.29) is 12.0 Å². The lowest BCUT2D eigenvalue weighted by Crippen LogP contribution is -2.38. The van der Waals surface area contributed by atoms with Crippen molar-refractivity contribution in [1.82, 2.24) is 5.32 Å². The zero-order valence-electron chi connectivity index (χ0n) is 9.00. The molecule has 0 aliphatic carbocycles. The van der Waals surface area contributed by atoms with Gasteiger partial charge >= 0.3 is 0 Å². The van der Waals surface area contributed by atoms with E-state index in [0.29, 0.717) is 38.2 Å². The van der Waals surface area contributed by atoms with Crippen LogP contribution in [0.15, 0.2) is 0 Å². The molecular formula is C10H18ClNO3. The van der Waals surface area contributed by atoms with Crippen molar-refractivity contribution < 1.29 is 14.3 Å². The van der Waals surface area contributed by atoms with Crippen LogP contribution in [0.2, 0.25) is 0 Å². The highest BCUT2D eigenvalue weighted by Crippen LogP contribution is 2.19. The fraction of sp³-hybridized carbons (Fsp3) is 0.900. The minimum atomic E-state index is -0.280. The fourth-order valence-electron chi connectivity index (χ4n) is 1.53. The number of ether oxygens (including phenoxy) is 2. The van der Waals surface area contributed by atoms with E-state index in [2.05, 4.69) is 5.32 Å². The Kier molecular flexibility index (Phi) is 5.98. The first-order valence-corrected chi connectivity index (χ1v) is 5.82. The van der Waals surface area contributed by atoms with Crippen LogP contribution in [0.4, 0.5) is 0 Å². The number of alkyl halides is 1. The molecule has 15 heavy (non-hydrogen) atoms. The third-order valence-corrected chi connectivity index (χ3v) is 2.57. The van der Waals surface area contributed by atoms with E-state index in [4.69, 9.17) is 21.1 Å². The second-order valence-electron chi connectivity index (χ2n) is 3.65. The third kappa shape index (κ3) is 4.36. The summed E-state index contributed by atoms with van der Waals surface area (Å²) >= 11 is 5.43. The van der Waals surface area contributed by atoms with Crippen LogP contribution in [0.1, 0.15) is 13.3 Å². The first-order valence-electron chi connectivity index (χ1n) is 5.28. The Balaban J connectivity index is 2.08. The summed E-state index contributed by atoms with van der Waals surface area (Å²) in [5, 5.41) is 2.78. The number of carbonyl (C=O) groups is 1. The van der Waals surface area contributed by atoms with Crippen LogP contribution in [-0.2, 0) is 14.3 Å². The normalized spacial score (nSPS) is 25.5. The molecule has 0 spiro atoms. The smallest absolute Gasteiger partial charge is 0.249 e. The molecule has 0 radical (unpaired) electrons. The molecule has 1 aliphatic rings. The van der Waals surface area contributed by atoms with Gasteiger partial charge in [0.1, 0.15) is 6.10 Å². The summed E-state index contributed by atoms with van der Waals surface area (Å²) < 4.78 is 10.5. The van der Waals surface area contributed by atoms with E-state index >= 15 is 0 Å². The maximum absolute atomic E-state index is 11.6. The van der Waals surface area contributed by atoms with E-state index in [0.717, 1.165) is 6.42 Å². The number of halogens is 1. The van der Waals surface area contributed by atoms with Crippen LogP contribution in [0.5, 0.6) is 0 Å². The van der Waals surface area contributed by atoms with Crippen molar-refractivity contribution in [1.29, 1.82) is 0 Å². The van der Waals surface area contributed by atoms with Crippen molar-refractivity contribution >= 4 is 17.5 Å². The molecule has 0 bridgehead atoms. The monoisotopic (exact) mass is 235 g/mol. The molecule has 1 fully saturated rings. The van der Waals surface area contributed by atoms with Gasteiger partial charge in [-0.25, -0.2) is 0 Å². The molecule has 0 aromatic rings. The zero-order valence-corrected chi connectivity index (χ0v) is 9.76. The number of amides is 1.